The lowest BCUT2D eigenvalue weighted by atomic mass is 10.0. The number of para-hydroxylation sites is 1. The molecule has 1 aromatic heterocycles. The van der Waals surface area contributed by atoms with Crippen LogP contribution in [0.2, 0.25) is 0 Å². The predicted octanol–water partition coefficient (Wildman–Crippen LogP) is 4.19. The number of ether oxygens (including phenoxy) is 1. The van der Waals surface area contributed by atoms with Gasteiger partial charge in [-0.15, -0.1) is 0 Å². The third kappa shape index (κ3) is 4.06. The van der Waals surface area contributed by atoms with Crippen molar-refractivity contribution in [3.05, 3.63) is 77.0 Å². The number of hydrogen-bond donors (Lipinski definition) is 1. The Morgan fingerprint density at radius 2 is 1.77 bits per heavy atom. The molecule has 1 heterocycles. The molecule has 0 aliphatic heterocycles. The van der Waals surface area contributed by atoms with Crippen molar-refractivity contribution in [3.63, 3.8) is 0 Å². The van der Waals surface area contributed by atoms with E-state index in [2.05, 4.69) is 12.2 Å². The van der Waals surface area contributed by atoms with E-state index < -0.39 is 12.1 Å². The second kappa shape index (κ2) is 8.66. The van der Waals surface area contributed by atoms with E-state index in [1.165, 1.54) is 0 Å². The van der Waals surface area contributed by atoms with E-state index in [9.17, 15) is 9.59 Å². The molecule has 0 saturated carbocycles. The van der Waals surface area contributed by atoms with E-state index in [4.69, 9.17) is 9.72 Å². The summed E-state index contributed by atoms with van der Waals surface area (Å²) in [5.74, 6) is -0.572. The number of benzene rings is 2. The molecular formula is C25H26N2O3. The summed E-state index contributed by atoms with van der Waals surface area (Å²) in [6, 6.07) is 17.6. The smallest absolute Gasteiger partial charge is 0.339 e. The molecule has 1 aliphatic carbocycles. The van der Waals surface area contributed by atoms with Crippen LogP contribution in [0.25, 0.3) is 10.9 Å². The zero-order valence-electron chi connectivity index (χ0n) is 17.4. The number of esters is 1. The van der Waals surface area contributed by atoms with Gasteiger partial charge in [0.25, 0.3) is 5.91 Å². The normalized spacial score (nSPS) is 14.7. The number of aromatic nitrogens is 1. The Morgan fingerprint density at radius 3 is 2.57 bits per heavy atom. The number of hydrogen-bond acceptors (Lipinski definition) is 4. The van der Waals surface area contributed by atoms with Gasteiger partial charge in [0.05, 0.1) is 11.1 Å². The molecule has 1 aliphatic rings. The summed E-state index contributed by atoms with van der Waals surface area (Å²) in [6.07, 6.45) is 1.79. The van der Waals surface area contributed by atoms with E-state index in [-0.39, 0.29) is 11.8 Å². The minimum absolute atomic E-state index is 0.172. The molecule has 5 nitrogen and oxygen atoms in total. The third-order valence-corrected chi connectivity index (χ3v) is 5.73. The van der Waals surface area contributed by atoms with Gasteiger partial charge < -0.3 is 10.1 Å². The van der Waals surface area contributed by atoms with Crippen molar-refractivity contribution in [2.45, 2.75) is 45.1 Å². The molecule has 0 unspecified atom stereocenters. The van der Waals surface area contributed by atoms with Crippen LogP contribution in [-0.2, 0) is 22.4 Å². The minimum Gasteiger partial charge on any atom is -0.449 e. The fourth-order valence-electron chi connectivity index (χ4n) is 4.01. The number of fused-ring (bicyclic) bond motifs is 2. The first-order valence-corrected chi connectivity index (χ1v) is 10.5. The van der Waals surface area contributed by atoms with Crippen LogP contribution >= 0.6 is 0 Å². The van der Waals surface area contributed by atoms with Gasteiger partial charge in [0, 0.05) is 17.6 Å². The zero-order chi connectivity index (χ0) is 21.1. The number of carbonyl (C=O) groups is 2. The number of pyridine rings is 1. The second-order valence-electron chi connectivity index (χ2n) is 7.89. The summed E-state index contributed by atoms with van der Waals surface area (Å²) < 4.78 is 5.59. The molecule has 0 spiro atoms. The van der Waals surface area contributed by atoms with E-state index in [0.29, 0.717) is 12.1 Å². The first-order valence-electron chi connectivity index (χ1n) is 10.5. The van der Waals surface area contributed by atoms with Crippen LogP contribution in [0.3, 0.4) is 0 Å². The lowest BCUT2D eigenvalue weighted by Gasteiger charge is -2.18. The SMILES string of the molecule is C[C@H](OC(=O)c1c2c(nc3ccccc13)CCC2)C(=O)NC[C@@H](C)c1ccccc1. The third-order valence-electron chi connectivity index (χ3n) is 5.73. The van der Waals surface area contributed by atoms with Gasteiger partial charge >= 0.3 is 5.97 Å². The van der Waals surface area contributed by atoms with Gasteiger partial charge in [-0.25, -0.2) is 4.79 Å². The number of aryl methyl sites for hydroxylation is 1. The van der Waals surface area contributed by atoms with Crippen molar-refractivity contribution in [1.29, 1.82) is 0 Å². The van der Waals surface area contributed by atoms with Crippen molar-refractivity contribution in [3.8, 4) is 0 Å². The highest BCUT2D eigenvalue weighted by atomic mass is 16.5. The molecule has 0 saturated heterocycles. The van der Waals surface area contributed by atoms with Crippen LogP contribution in [-0.4, -0.2) is 29.5 Å². The molecule has 154 valence electrons. The molecule has 0 fully saturated rings. The van der Waals surface area contributed by atoms with Crippen LogP contribution in [0.4, 0.5) is 0 Å². The lowest BCUT2D eigenvalue weighted by molar-refractivity contribution is -0.129. The van der Waals surface area contributed by atoms with E-state index >= 15 is 0 Å². The number of rotatable bonds is 6. The first-order chi connectivity index (χ1) is 14.5. The molecule has 1 amide bonds. The molecule has 0 bridgehead atoms. The topological polar surface area (TPSA) is 68.3 Å². The Labute approximate surface area is 176 Å². The Balaban J connectivity index is 1.46. The maximum atomic E-state index is 13.1. The average molecular weight is 402 g/mol. The first kappa shape index (κ1) is 20.1. The maximum absolute atomic E-state index is 13.1. The summed E-state index contributed by atoms with van der Waals surface area (Å²) >= 11 is 0. The van der Waals surface area contributed by atoms with Crippen LogP contribution in [0, 0.1) is 0 Å². The van der Waals surface area contributed by atoms with Crippen LogP contribution < -0.4 is 5.32 Å². The number of amides is 1. The highest BCUT2D eigenvalue weighted by Gasteiger charge is 2.27. The lowest BCUT2D eigenvalue weighted by Crippen LogP contribution is -2.37. The van der Waals surface area contributed by atoms with Gasteiger partial charge in [-0.1, -0.05) is 55.5 Å². The van der Waals surface area contributed by atoms with Gasteiger partial charge in [-0.2, -0.15) is 0 Å². The largest absolute Gasteiger partial charge is 0.449 e. The molecule has 3 aromatic rings. The Kier molecular flexibility index (Phi) is 5.79. The van der Waals surface area contributed by atoms with Crippen LogP contribution in [0.15, 0.2) is 54.6 Å². The van der Waals surface area contributed by atoms with Crippen LogP contribution in [0.1, 0.15) is 53.4 Å². The van der Waals surface area contributed by atoms with E-state index in [1.807, 2.05) is 54.6 Å². The number of nitrogens with zero attached hydrogens (tertiary/aromatic N) is 1. The van der Waals surface area contributed by atoms with E-state index in [0.717, 1.165) is 47.0 Å². The maximum Gasteiger partial charge on any atom is 0.339 e. The van der Waals surface area contributed by atoms with Gasteiger partial charge in [-0.05, 0) is 49.3 Å². The summed E-state index contributed by atoms with van der Waals surface area (Å²) in [7, 11) is 0. The van der Waals surface area contributed by atoms with Crippen molar-refractivity contribution < 1.29 is 14.3 Å². The zero-order valence-corrected chi connectivity index (χ0v) is 17.4. The number of nitrogens with one attached hydrogen (secondary N) is 1. The summed E-state index contributed by atoms with van der Waals surface area (Å²) in [5.41, 5.74) is 4.43. The Morgan fingerprint density at radius 1 is 1.03 bits per heavy atom. The van der Waals surface area contributed by atoms with Crippen molar-refractivity contribution in [2.24, 2.45) is 0 Å². The molecule has 30 heavy (non-hydrogen) atoms. The fourth-order valence-corrected chi connectivity index (χ4v) is 4.01. The van der Waals surface area contributed by atoms with Gasteiger partial charge in [0.15, 0.2) is 6.10 Å². The second-order valence-corrected chi connectivity index (χ2v) is 7.89. The molecular weight excluding hydrogens is 376 g/mol. The predicted molar refractivity (Wildman–Crippen MR) is 117 cm³/mol. The minimum atomic E-state index is -0.871. The molecule has 4 rings (SSSR count). The summed E-state index contributed by atoms with van der Waals surface area (Å²) in [6.45, 7) is 4.15. The summed E-state index contributed by atoms with van der Waals surface area (Å²) in [4.78, 5) is 30.3. The van der Waals surface area contributed by atoms with Gasteiger partial charge in [0.2, 0.25) is 0 Å². The molecule has 2 atom stereocenters. The Bertz CT molecular complexity index is 1080. The molecule has 0 radical (unpaired) electrons. The fraction of sp³-hybridized carbons (Fsp3) is 0.320. The summed E-state index contributed by atoms with van der Waals surface area (Å²) in [5, 5.41) is 3.68. The van der Waals surface area contributed by atoms with E-state index in [1.54, 1.807) is 6.92 Å². The van der Waals surface area contributed by atoms with Crippen molar-refractivity contribution in [2.75, 3.05) is 6.54 Å². The van der Waals surface area contributed by atoms with Crippen molar-refractivity contribution >= 4 is 22.8 Å². The van der Waals surface area contributed by atoms with Gasteiger partial charge in [-0.3, -0.25) is 9.78 Å². The molecule has 2 aromatic carbocycles. The number of carbonyl (C=O) groups excluding carboxylic acids is 2. The van der Waals surface area contributed by atoms with Crippen molar-refractivity contribution in [1.82, 2.24) is 10.3 Å². The van der Waals surface area contributed by atoms with Crippen LogP contribution in [0.5, 0.6) is 0 Å². The Hall–Kier alpha value is -3.21. The monoisotopic (exact) mass is 402 g/mol. The molecule has 1 N–H and O–H groups in total. The standard InChI is InChI=1S/C25H26N2O3/c1-16(18-9-4-3-5-10-18)15-26-24(28)17(2)30-25(29)23-19-11-6-7-13-21(19)27-22-14-8-12-20(22)23/h3-7,9-11,13,16-17H,8,12,14-15H2,1-2H3,(H,26,28)/t16-,17+/m1/s1. The molecule has 5 heteroatoms. The van der Waals surface area contributed by atoms with Gasteiger partial charge in [0.1, 0.15) is 0 Å². The quantitative estimate of drug-likeness (QED) is 0.628. The highest BCUT2D eigenvalue weighted by molar-refractivity contribution is 6.05. The average Bonchev–Trinajstić information content (AvgIpc) is 3.23. The highest BCUT2D eigenvalue weighted by Crippen LogP contribution is 2.30.